The number of fused-ring (bicyclic) bond motifs is 2. The van der Waals surface area contributed by atoms with Crippen molar-refractivity contribution in [2.75, 3.05) is 44.3 Å². The van der Waals surface area contributed by atoms with Gasteiger partial charge in [-0.25, -0.2) is 19.2 Å². The number of nitrogen functional groups attached to an aromatic ring is 1. The van der Waals surface area contributed by atoms with E-state index in [4.69, 9.17) is 15.2 Å². The second-order valence-corrected chi connectivity index (χ2v) is 8.99. The lowest BCUT2D eigenvalue weighted by Gasteiger charge is -2.22. The van der Waals surface area contributed by atoms with Crippen molar-refractivity contribution in [3.8, 4) is 22.9 Å². The molecule has 3 aromatic rings. The summed E-state index contributed by atoms with van der Waals surface area (Å²) in [6.45, 7) is 6.80. The first-order valence-electron chi connectivity index (χ1n) is 11.2. The molecule has 1 fully saturated rings. The molecule has 5 rings (SSSR count). The number of nitrogens with two attached hydrogens (primary N) is 1. The number of pyridine rings is 2. The summed E-state index contributed by atoms with van der Waals surface area (Å²) in [4.78, 5) is 23.1. The van der Waals surface area contributed by atoms with Crippen molar-refractivity contribution in [3.63, 3.8) is 0 Å². The summed E-state index contributed by atoms with van der Waals surface area (Å²) in [5.74, 6) is 0.370. The normalized spacial score (nSPS) is 19.9. The Kier molecular flexibility index (Phi) is 5.60. The van der Waals surface area contributed by atoms with Crippen LogP contribution in [0.15, 0.2) is 24.5 Å². The van der Waals surface area contributed by atoms with Crippen molar-refractivity contribution in [1.29, 1.82) is 0 Å². The van der Waals surface area contributed by atoms with E-state index in [1.165, 1.54) is 6.20 Å². The molecule has 0 radical (unpaired) electrons. The molecule has 0 bridgehead atoms. The van der Waals surface area contributed by atoms with Gasteiger partial charge in [-0.15, -0.1) is 0 Å². The zero-order valence-electron chi connectivity index (χ0n) is 19.3. The van der Waals surface area contributed by atoms with E-state index >= 15 is 4.39 Å². The number of nitrogens with zero attached hydrogens (tertiary/aromatic N) is 3. The van der Waals surface area contributed by atoms with Crippen LogP contribution in [0.25, 0.3) is 21.9 Å². The molecule has 9 nitrogen and oxygen atoms in total. The Labute approximate surface area is 196 Å². The van der Waals surface area contributed by atoms with Crippen molar-refractivity contribution in [2.45, 2.75) is 19.9 Å². The van der Waals surface area contributed by atoms with E-state index in [-0.39, 0.29) is 17.6 Å². The molecule has 178 valence electrons. The van der Waals surface area contributed by atoms with E-state index in [1.807, 2.05) is 14.0 Å². The van der Waals surface area contributed by atoms with Crippen LogP contribution in [-0.4, -0.2) is 60.3 Å². The standard InChI is InChI=1S/C24H27FN6O3/c1-12-10-31(3)11-18(12)30-24(32)34-19-7-14-6-15(20(25)21(26)17(14)9-28-19)16-8-29-23-22(13(16)2)27-4-5-33-23/h6-9,12,18,27H,4-5,10-11,26H2,1-3H3,(H,30,32). The van der Waals surface area contributed by atoms with Crippen molar-refractivity contribution >= 4 is 28.2 Å². The minimum absolute atomic E-state index is 0.00590. The number of nitrogens with one attached hydrogen (secondary N) is 2. The summed E-state index contributed by atoms with van der Waals surface area (Å²) in [6, 6.07) is 3.26. The summed E-state index contributed by atoms with van der Waals surface area (Å²) < 4.78 is 26.3. The zero-order chi connectivity index (χ0) is 24.0. The monoisotopic (exact) mass is 466 g/mol. The summed E-state index contributed by atoms with van der Waals surface area (Å²) in [5, 5.41) is 7.19. The smallest absolute Gasteiger partial charge is 0.414 e. The van der Waals surface area contributed by atoms with Crippen LogP contribution in [-0.2, 0) is 0 Å². The lowest BCUT2D eigenvalue weighted by Crippen LogP contribution is -2.41. The summed E-state index contributed by atoms with van der Waals surface area (Å²) in [6.07, 6.45) is 2.42. The number of likely N-dealkylation sites (tertiary alicyclic amines) is 1. The Balaban J connectivity index is 1.46. The molecule has 1 aromatic carbocycles. The van der Waals surface area contributed by atoms with E-state index in [0.29, 0.717) is 46.8 Å². The van der Waals surface area contributed by atoms with Gasteiger partial charge in [0.25, 0.3) is 0 Å². The Bertz CT molecular complexity index is 1280. The molecule has 34 heavy (non-hydrogen) atoms. The fraction of sp³-hybridized carbons (Fsp3) is 0.375. The van der Waals surface area contributed by atoms with Crippen LogP contribution in [0.1, 0.15) is 12.5 Å². The molecule has 0 spiro atoms. The molecule has 0 saturated carbocycles. The van der Waals surface area contributed by atoms with E-state index < -0.39 is 11.9 Å². The minimum Gasteiger partial charge on any atom is -0.474 e. The molecule has 1 saturated heterocycles. The molecule has 10 heteroatoms. The number of hydrogen-bond acceptors (Lipinski definition) is 8. The van der Waals surface area contributed by atoms with Gasteiger partial charge in [0.15, 0.2) is 5.82 Å². The number of carbonyl (C=O) groups is 1. The molecule has 0 aliphatic carbocycles. The van der Waals surface area contributed by atoms with Crippen LogP contribution in [0.4, 0.5) is 20.6 Å². The predicted octanol–water partition coefficient (Wildman–Crippen LogP) is 3.17. The zero-order valence-corrected chi connectivity index (χ0v) is 19.3. The highest BCUT2D eigenvalue weighted by molar-refractivity contribution is 5.98. The molecular formula is C24H27FN6O3. The maximum absolute atomic E-state index is 15.3. The third-order valence-corrected chi connectivity index (χ3v) is 6.51. The molecule has 2 aliphatic rings. The number of halogens is 1. The highest BCUT2D eigenvalue weighted by atomic mass is 19.1. The molecule has 2 aliphatic heterocycles. The first kappa shape index (κ1) is 22.1. The second-order valence-electron chi connectivity index (χ2n) is 8.99. The van der Waals surface area contributed by atoms with Gasteiger partial charge in [0, 0.05) is 60.6 Å². The average molecular weight is 467 g/mol. The molecule has 1 amide bonds. The maximum atomic E-state index is 15.3. The second kappa shape index (κ2) is 8.60. The largest absolute Gasteiger partial charge is 0.474 e. The SMILES string of the molecule is Cc1c(-c2cc3cc(OC(=O)NC4CN(C)CC4C)ncc3c(N)c2F)cnc2c1NCCO2. The quantitative estimate of drug-likeness (QED) is 0.505. The summed E-state index contributed by atoms with van der Waals surface area (Å²) in [5.41, 5.74) is 8.55. The number of amides is 1. The Morgan fingerprint density at radius 2 is 2.12 bits per heavy atom. The molecule has 4 N–H and O–H groups in total. The highest BCUT2D eigenvalue weighted by Gasteiger charge is 2.29. The average Bonchev–Trinajstić information content (AvgIpc) is 3.13. The van der Waals surface area contributed by atoms with Crippen LogP contribution in [0.5, 0.6) is 11.8 Å². The lowest BCUT2D eigenvalue weighted by atomic mass is 9.97. The fourth-order valence-electron chi connectivity index (χ4n) is 4.69. The first-order valence-corrected chi connectivity index (χ1v) is 11.2. The van der Waals surface area contributed by atoms with Crippen LogP contribution >= 0.6 is 0 Å². The maximum Gasteiger partial charge on any atom is 0.414 e. The van der Waals surface area contributed by atoms with Crippen molar-refractivity contribution in [2.24, 2.45) is 5.92 Å². The predicted molar refractivity (Wildman–Crippen MR) is 128 cm³/mol. The number of carbonyl (C=O) groups excluding carboxylic acids is 1. The Morgan fingerprint density at radius 1 is 1.29 bits per heavy atom. The number of hydrogen-bond donors (Lipinski definition) is 3. The topological polar surface area (TPSA) is 115 Å². The van der Waals surface area contributed by atoms with Gasteiger partial charge in [0.1, 0.15) is 12.3 Å². The highest BCUT2D eigenvalue weighted by Crippen LogP contribution is 2.39. The number of likely N-dealkylation sites (N-methyl/N-ethyl adjacent to an activating group) is 1. The van der Waals surface area contributed by atoms with Gasteiger partial charge in [-0.05, 0) is 36.9 Å². The summed E-state index contributed by atoms with van der Waals surface area (Å²) >= 11 is 0. The first-order chi connectivity index (χ1) is 16.3. The van der Waals surface area contributed by atoms with Gasteiger partial charge in [0.05, 0.1) is 5.69 Å². The van der Waals surface area contributed by atoms with Crippen LogP contribution in [0, 0.1) is 18.7 Å². The van der Waals surface area contributed by atoms with Crippen molar-refractivity contribution in [1.82, 2.24) is 20.2 Å². The van der Waals surface area contributed by atoms with E-state index in [9.17, 15) is 4.79 Å². The van der Waals surface area contributed by atoms with Crippen LogP contribution in [0.3, 0.4) is 0 Å². The number of rotatable bonds is 3. The number of benzene rings is 1. The Morgan fingerprint density at radius 3 is 2.88 bits per heavy atom. The molecule has 2 aromatic heterocycles. The fourth-order valence-corrected chi connectivity index (χ4v) is 4.69. The minimum atomic E-state index is -0.574. The number of anilines is 2. The molecular weight excluding hydrogens is 439 g/mol. The van der Waals surface area contributed by atoms with Crippen molar-refractivity contribution < 1.29 is 18.7 Å². The number of aromatic nitrogens is 2. The van der Waals surface area contributed by atoms with Gasteiger partial charge in [-0.1, -0.05) is 6.92 Å². The summed E-state index contributed by atoms with van der Waals surface area (Å²) in [7, 11) is 2.01. The van der Waals surface area contributed by atoms with E-state index in [1.54, 1.807) is 18.3 Å². The van der Waals surface area contributed by atoms with Gasteiger partial charge in [-0.2, -0.15) is 0 Å². The van der Waals surface area contributed by atoms with E-state index in [0.717, 1.165) is 24.3 Å². The van der Waals surface area contributed by atoms with Gasteiger partial charge < -0.3 is 30.7 Å². The molecule has 2 atom stereocenters. The number of ether oxygens (including phenoxy) is 2. The van der Waals surface area contributed by atoms with Crippen molar-refractivity contribution in [3.05, 3.63) is 35.9 Å². The van der Waals surface area contributed by atoms with E-state index in [2.05, 4.69) is 32.4 Å². The van der Waals surface area contributed by atoms with Gasteiger partial charge in [-0.3, -0.25) is 0 Å². The third-order valence-electron chi connectivity index (χ3n) is 6.51. The van der Waals surface area contributed by atoms with Gasteiger partial charge >= 0.3 is 6.09 Å². The van der Waals surface area contributed by atoms with Gasteiger partial charge in [0.2, 0.25) is 11.8 Å². The van der Waals surface area contributed by atoms with Crippen LogP contribution < -0.4 is 25.8 Å². The molecule has 4 heterocycles. The lowest BCUT2D eigenvalue weighted by molar-refractivity contribution is 0.192. The van der Waals surface area contributed by atoms with Crippen LogP contribution in [0.2, 0.25) is 0 Å². The third kappa shape index (κ3) is 3.94. The molecule has 2 unspecified atom stereocenters. The Hall–Kier alpha value is -3.66.